The van der Waals surface area contributed by atoms with Crippen molar-refractivity contribution in [1.29, 1.82) is 0 Å². The van der Waals surface area contributed by atoms with Gasteiger partial charge in [-0.2, -0.15) is 0 Å². The Morgan fingerprint density at radius 3 is 2.72 bits per heavy atom. The summed E-state index contributed by atoms with van der Waals surface area (Å²) in [5, 5.41) is 11.6. The molecule has 1 atom stereocenters. The number of hydrogen-bond acceptors (Lipinski definition) is 4. The topological polar surface area (TPSA) is 88.5 Å². The molecule has 1 aromatic heterocycles. The van der Waals surface area contributed by atoms with Gasteiger partial charge in [-0.05, 0) is 13.0 Å². The molecule has 0 bridgehead atoms. The predicted molar refractivity (Wildman–Crippen MR) is 64.3 cm³/mol. The lowest BCUT2D eigenvalue weighted by molar-refractivity contribution is -0.154. The molecule has 0 radical (unpaired) electrons. The quantitative estimate of drug-likeness (QED) is 0.744. The fourth-order valence-electron chi connectivity index (χ4n) is 1.65. The maximum Gasteiger partial charge on any atom is 0.319 e. The predicted octanol–water partition coefficient (Wildman–Crippen LogP) is 0.470. The van der Waals surface area contributed by atoms with E-state index in [-0.39, 0.29) is 6.42 Å². The highest BCUT2D eigenvalue weighted by Gasteiger charge is 2.41. The Kier molecular flexibility index (Phi) is 4.25. The largest absolute Gasteiger partial charge is 0.481 e. The van der Waals surface area contributed by atoms with E-state index < -0.39 is 17.3 Å². The zero-order valence-corrected chi connectivity index (χ0v) is 10.6. The Morgan fingerprint density at radius 2 is 2.22 bits per heavy atom. The van der Waals surface area contributed by atoms with Gasteiger partial charge in [0.05, 0.1) is 7.11 Å². The van der Waals surface area contributed by atoms with Crippen LogP contribution in [0.4, 0.5) is 0 Å². The second-order valence-corrected chi connectivity index (χ2v) is 4.06. The first kappa shape index (κ1) is 14.0. The number of methoxy groups -OCH3 is 1. The SMILES string of the molecule is CNC(=O)C(C)(Cc1cccnc1OC)C(=O)O. The van der Waals surface area contributed by atoms with Gasteiger partial charge >= 0.3 is 5.97 Å². The van der Waals surface area contributed by atoms with E-state index in [1.807, 2.05) is 0 Å². The smallest absolute Gasteiger partial charge is 0.319 e. The molecule has 98 valence electrons. The van der Waals surface area contributed by atoms with Crippen LogP contribution in [0, 0.1) is 5.41 Å². The number of carboxylic acid groups (broad SMARTS) is 1. The van der Waals surface area contributed by atoms with Crippen LogP contribution >= 0.6 is 0 Å². The number of nitrogens with one attached hydrogen (secondary N) is 1. The summed E-state index contributed by atoms with van der Waals surface area (Å²) in [7, 11) is 2.85. The molecule has 0 saturated carbocycles. The highest BCUT2D eigenvalue weighted by molar-refractivity contribution is 6.01. The molecule has 1 aromatic rings. The zero-order valence-electron chi connectivity index (χ0n) is 10.6. The number of nitrogens with zero attached hydrogens (tertiary/aromatic N) is 1. The monoisotopic (exact) mass is 252 g/mol. The number of carbonyl (C=O) groups is 2. The van der Waals surface area contributed by atoms with Crippen molar-refractivity contribution in [2.75, 3.05) is 14.2 Å². The van der Waals surface area contributed by atoms with Crippen molar-refractivity contribution in [2.24, 2.45) is 5.41 Å². The highest BCUT2D eigenvalue weighted by atomic mass is 16.5. The maximum absolute atomic E-state index is 11.7. The minimum absolute atomic E-state index is 0.0129. The average molecular weight is 252 g/mol. The Bertz CT molecular complexity index is 461. The molecule has 6 nitrogen and oxygen atoms in total. The first-order chi connectivity index (χ1) is 8.45. The van der Waals surface area contributed by atoms with Gasteiger partial charge < -0.3 is 15.2 Å². The minimum atomic E-state index is -1.55. The number of carboxylic acids is 1. The van der Waals surface area contributed by atoms with E-state index in [9.17, 15) is 14.7 Å². The number of hydrogen-bond donors (Lipinski definition) is 2. The van der Waals surface area contributed by atoms with Crippen LogP contribution in [0.15, 0.2) is 18.3 Å². The van der Waals surface area contributed by atoms with Gasteiger partial charge in [-0.15, -0.1) is 0 Å². The van der Waals surface area contributed by atoms with Gasteiger partial charge in [0.2, 0.25) is 11.8 Å². The van der Waals surface area contributed by atoms with E-state index in [0.29, 0.717) is 11.4 Å². The fourth-order valence-corrected chi connectivity index (χ4v) is 1.65. The first-order valence-corrected chi connectivity index (χ1v) is 5.39. The molecule has 1 heterocycles. The van der Waals surface area contributed by atoms with Gasteiger partial charge in [-0.3, -0.25) is 9.59 Å². The van der Waals surface area contributed by atoms with Gasteiger partial charge in [-0.1, -0.05) is 6.07 Å². The van der Waals surface area contributed by atoms with E-state index in [1.165, 1.54) is 21.1 Å². The molecule has 1 rings (SSSR count). The summed E-state index contributed by atoms with van der Waals surface area (Å²) < 4.78 is 5.05. The van der Waals surface area contributed by atoms with Crippen molar-refractivity contribution in [3.05, 3.63) is 23.9 Å². The van der Waals surface area contributed by atoms with Crippen LogP contribution in [0.3, 0.4) is 0 Å². The van der Waals surface area contributed by atoms with Crippen LogP contribution in [0.1, 0.15) is 12.5 Å². The average Bonchev–Trinajstić information content (AvgIpc) is 2.37. The van der Waals surface area contributed by atoms with Crippen LogP contribution in [0.2, 0.25) is 0 Å². The number of rotatable bonds is 5. The molecule has 0 spiro atoms. The molecule has 2 N–H and O–H groups in total. The molecular weight excluding hydrogens is 236 g/mol. The second kappa shape index (κ2) is 5.48. The summed E-state index contributed by atoms with van der Waals surface area (Å²) in [6, 6.07) is 3.36. The van der Waals surface area contributed by atoms with E-state index in [2.05, 4.69) is 10.3 Å². The number of aliphatic carboxylic acids is 1. The molecule has 1 unspecified atom stereocenters. The lowest BCUT2D eigenvalue weighted by Gasteiger charge is -2.23. The Hall–Kier alpha value is -2.11. The summed E-state index contributed by atoms with van der Waals surface area (Å²) in [5.41, 5.74) is -0.973. The van der Waals surface area contributed by atoms with Crippen LogP contribution in [-0.4, -0.2) is 36.1 Å². The molecule has 1 amide bonds. The Balaban J connectivity index is 3.12. The number of aromatic nitrogens is 1. The van der Waals surface area contributed by atoms with Crippen molar-refractivity contribution in [3.8, 4) is 5.88 Å². The molecule has 0 saturated heterocycles. The van der Waals surface area contributed by atoms with E-state index in [0.717, 1.165) is 0 Å². The number of ether oxygens (including phenoxy) is 1. The molecule has 0 aliphatic carbocycles. The van der Waals surface area contributed by atoms with Crippen LogP contribution in [0.25, 0.3) is 0 Å². The van der Waals surface area contributed by atoms with Gasteiger partial charge in [0.1, 0.15) is 5.41 Å². The van der Waals surface area contributed by atoms with Gasteiger partial charge in [0.25, 0.3) is 0 Å². The third kappa shape index (κ3) is 2.58. The second-order valence-electron chi connectivity index (χ2n) is 4.06. The van der Waals surface area contributed by atoms with Crippen molar-refractivity contribution < 1.29 is 19.4 Å². The number of amides is 1. The molecule has 0 fully saturated rings. The van der Waals surface area contributed by atoms with Crippen molar-refractivity contribution in [1.82, 2.24) is 10.3 Å². The molecule has 0 aromatic carbocycles. The summed E-state index contributed by atoms with van der Waals surface area (Å²) in [5.74, 6) is -1.41. The number of carbonyl (C=O) groups excluding carboxylic acids is 1. The van der Waals surface area contributed by atoms with Crippen molar-refractivity contribution in [2.45, 2.75) is 13.3 Å². The van der Waals surface area contributed by atoms with Crippen molar-refractivity contribution in [3.63, 3.8) is 0 Å². The van der Waals surface area contributed by atoms with E-state index in [4.69, 9.17) is 4.74 Å². The van der Waals surface area contributed by atoms with Crippen LogP contribution in [-0.2, 0) is 16.0 Å². The Morgan fingerprint density at radius 1 is 1.56 bits per heavy atom. The molecule has 18 heavy (non-hydrogen) atoms. The van der Waals surface area contributed by atoms with Gasteiger partial charge in [-0.25, -0.2) is 4.98 Å². The fraction of sp³-hybridized carbons (Fsp3) is 0.417. The summed E-state index contributed by atoms with van der Waals surface area (Å²) in [6.07, 6.45) is 1.55. The molecular formula is C12H16N2O4. The van der Waals surface area contributed by atoms with E-state index in [1.54, 1.807) is 18.3 Å². The molecule has 0 aliphatic heterocycles. The Labute approximate surface area is 105 Å². The summed E-state index contributed by atoms with van der Waals surface area (Å²) in [6.45, 7) is 1.38. The normalized spacial score (nSPS) is 13.5. The van der Waals surface area contributed by atoms with E-state index >= 15 is 0 Å². The third-order valence-corrected chi connectivity index (χ3v) is 2.79. The minimum Gasteiger partial charge on any atom is -0.481 e. The van der Waals surface area contributed by atoms with Crippen molar-refractivity contribution >= 4 is 11.9 Å². The third-order valence-electron chi connectivity index (χ3n) is 2.79. The van der Waals surface area contributed by atoms with Gasteiger partial charge in [0.15, 0.2) is 0 Å². The lowest BCUT2D eigenvalue weighted by Crippen LogP contribution is -2.44. The number of pyridine rings is 1. The zero-order chi connectivity index (χ0) is 13.8. The lowest BCUT2D eigenvalue weighted by atomic mass is 9.83. The van der Waals surface area contributed by atoms with Gasteiger partial charge in [0, 0.05) is 25.2 Å². The first-order valence-electron chi connectivity index (χ1n) is 5.39. The van der Waals surface area contributed by atoms with Crippen LogP contribution < -0.4 is 10.1 Å². The summed E-state index contributed by atoms with van der Waals surface area (Å²) >= 11 is 0. The maximum atomic E-state index is 11.7. The molecule has 6 heteroatoms. The van der Waals surface area contributed by atoms with Crippen LogP contribution in [0.5, 0.6) is 5.88 Å². The molecule has 0 aliphatic rings. The standard InChI is InChI=1S/C12H16N2O4/c1-12(11(16)17,10(15)13-2)7-8-5-4-6-14-9(8)18-3/h4-6H,7H2,1-3H3,(H,13,15)(H,16,17). The highest BCUT2D eigenvalue weighted by Crippen LogP contribution is 2.27. The summed E-state index contributed by atoms with van der Waals surface area (Å²) in [4.78, 5) is 27.0.